The van der Waals surface area contributed by atoms with Crippen LogP contribution in [0.25, 0.3) is 0 Å². The number of benzene rings is 1. The summed E-state index contributed by atoms with van der Waals surface area (Å²) in [5, 5.41) is 10.4. The molecule has 5 heteroatoms. The molecule has 3 nitrogen and oxygen atoms in total. The summed E-state index contributed by atoms with van der Waals surface area (Å²) in [5.41, 5.74) is -1.04. The van der Waals surface area contributed by atoms with Crippen molar-refractivity contribution in [1.29, 1.82) is 0 Å². The Morgan fingerprint density at radius 2 is 2.21 bits per heavy atom. The van der Waals surface area contributed by atoms with E-state index < -0.39 is 17.3 Å². The van der Waals surface area contributed by atoms with Crippen molar-refractivity contribution in [3.63, 3.8) is 0 Å². The molecular formula is C14H17ClFNO2. The van der Waals surface area contributed by atoms with Gasteiger partial charge in [-0.3, -0.25) is 4.79 Å². The van der Waals surface area contributed by atoms with Gasteiger partial charge in [0, 0.05) is 11.6 Å². The van der Waals surface area contributed by atoms with Gasteiger partial charge >= 0.3 is 0 Å². The summed E-state index contributed by atoms with van der Waals surface area (Å²) in [6.07, 6.45) is 1.53. The van der Waals surface area contributed by atoms with Crippen LogP contribution in [-0.2, 0) is 0 Å². The van der Waals surface area contributed by atoms with Crippen molar-refractivity contribution in [2.45, 2.75) is 38.3 Å². The molecule has 1 aliphatic heterocycles. The maximum atomic E-state index is 13.7. The number of hydrogen-bond acceptors (Lipinski definition) is 2. The highest BCUT2D eigenvalue weighted by Crippen LogP contribution is 2.29. The Morgan fingerprint density at radius 1 is 1.53 bits per heavy atom. The fourth-order valence-corrected chi connectivity index (χ4v) is 2.73. The molecule has 0 spiro atoms. The molecule has 1 aromatic rings. The van der Waals surface area contributed by atoms with Gasteiger partial charge < -0.3 is 10.0 Å². The Labute approximate surface area is 117 Å². The first-order valence-corrected chi connectivity index (χ1v) is 6.67. The molecule has 1 aromatic carbocycles. The van der Waals surface area contributed by atoms with E-state index in [0.29, 0.717) is 11.6 Å². The molecule has 1 unspecified atom stereocenters. The standard InChI is InChI=1S/C14H17ClFNO2/c1-14(2,19)12-4-3-7-17(12)13(18)10-8-9(15)5-6-11(10)16/h5-6,8,12,19H,3-4,7H2,1-2H3. The third-order valence-electron chi connectivity index (χ3n) is 3.49. The van der Waals surface area contributed by atoms with E-state index in [4.69, 9.17) is 11.6 Å². The lowest BCUT2D eigenvalue weighted by molar-refractivity contribution is 0.000160. The van der Waals surface area contributed by atoms with E-state index >= 15 is 0 Å². The first-order chi connectivity index (χ1) is 8.80. The minimum absolute atomic E-state index is 0.0383. The van der Waals surface area contributed by atoms with Gasteiger partial charge in [0.15, 0.2) is 0 Å². The van der Waals surface area contributed by atoms with Crippen molar-refractivity contribution in [2.24, 2.45) is 0 Å². The number of hydrogen-bond donors (Lipinski definition) is 1. The quantitative estimate of drug-likeness (QED) is 0.908. The second kappa shape index (κ2) is 5.10. The summed E-state index contributed by atoms with van der Waals surface area (Å²) >= 11 is 5.81. The summed E-state index contributed by atoms with van der Waals surface area (Å²) in [7, 11) is 0. The second-order valence-corrected chi connectivity index (χ2v) is 5.87. The van der Waals surface area contributed by atoms with Gasteiger partial charge in [-0.15, -0.1) is 0 Å². The number of carbonyl (C=O) groups excluding carboxylic acids is 1. The molecule has 1 heterocycles. The summed E-state index contributed by atoms with van der Waals surface area (Å²) in [4.78, 5) is 13.9. The molecule has 1 saturated heterocycles. The number of nitrogens with zero attached hydrogens (tertiary/aromatic N) is 1. The van der Waals surface area contributed by atoms with E-state index in [1.54, 1.807) is 13.8 Å². The minimum Gasteiger partial charge on any atom is -0.388 e. The van der Waals surface area contributed by atoms with Gasteiger partial charge in [0.05, 0.1) is 17.2 Å². The first-order valence-electron chi connectivity index (χ1n) is 6.29. The van der Waals surface area contributed by atoms with Crippen molar-refractivity contribution in [3.8, 4) is 0 Å². The maximum Gasteiger partial charge on any atom is 0.257 e. The smallest absolute Gasteiger partial charge is 0.257 e. The normalized spacial score (nSPS) is 19.8. The average molecular weight is 286 g/mol. The molecule has 1 fully saturated rings. The Kier molecular flexibility index (Phi) is 3.83. The van der Waals surface area contributed by atoms with E-state index in [2.05, 4.69) is 0 Å². The van der Waals surface area contributed by atoms with Crippen LogP contribution < -0.4 is 0 Å². The third-order valence-corrected chi connectivity index (χ3v) is 3.72. The second-order valence-electron chi connectivity index (χ2n) is 5.43. The van der Waals surface area contributed by atoms with Crippen molar-refractivity contribution in [1.82, 2.24) is 4.90 Å². The van der Waals surface area contributed by atoms with E-state index in [1.807, 2.05) is 0 Å². The molecule has 2 rings (SSSR count). The van der Waals surface area contributed by atoms with Crippen LogP contribution in [0.1, 0.15) is 37.0 Å². The zero-order chi connectivity index (χ0) is 14.2. The molecule has 1 amide bonds. The zero-order valence-electron chi connectivity index (χ0n) is 11.0. The summed E-state index contributed by atoms with van der Waals surface area (Å²) in [5.74, 6) is -1.000. The van der Waals surface area contributed by atoms with Gasteiger partial charge in [0.2, 0.25) is 0 Å². The molecule has 104 valence electrons. The summed E-state index contributed by atoms with van der Waals surface area (Å²) in [6, 6.07) is 3.63. The molecule has 0 bridgehead atoms. The highest BCUT2D eigenvalue weighted by Gasteiger charge is 2.39. The molecule has 0 radical (unpaired) electrons. The molecule has 1 N–H and O–H groups in total. The van der Waals surface area contributed by atoms with Gasteiger partial charge in [0.25, 0.3) is 5.91 Å². The number of likely N-dealkylation sites (tertiary alicyclic amines) is 1. The van der Waals surface area contributed by atoms with Crippen LogP contribution in [0.2, 0.25) is 5.02 Å². The molecule has 0 saturated carbocycles. The number of aliphatic hydroxyl groups is 1. The maximum absolute atomic E-state index is 13.7. The van der Waals surface area contributed by atoms with Crippen molar-refractivity contribution in [2.75, 3.05) is 6.54 Å². The van der Waals surface area contributed by atoms with Gasteiger partial charge in [0.1, 0.15) is 5.82 Å². The fraction of sp³-hybridized carbons (Fsp3) is 0.500. The van der Waals surface area contributed by atoms with E-state index in [0.717, 1.165) is 12.8 Å². The lowest BCUT2D eigenvalue weighted by Crippen LogP contribution is -2.48. The molecule has 1 aliphatic rings. The van der Waals surface area contributed by atoms with Crippen LogP contribution in [0.4, 0.5) is 4.39 Å². The minimum atomic E-state index is -0.999. The molecule has 0 aromatic heterocycles. The van der Waals surface area contributed by atoms with E-state index in [-0.39, 0.29) is 11.6 Å². The molecule has 19 heavy (non-hydrogen) atoms. The fourth-order valence-electron chi connectivity index (χ4n) is 2.56. The zero-order valence-corrected chi connectivity index (χ0v) is 11.7. The third kappa shape index (κ3) is 2.90. The number of carbonyl (C=O) groups is 1. The van der Waals surface area contributed by atoms with E-state index in [1.165, 1.54) is 23.1 Å². The Hall–Kier alpha value is -1.13. The van der Waals surface area contributed by atoms with Crippen LogP contribution >= 0.6 is 11.6 Å². The number of halogens is 2. The SMILES string of the molecule is CC(C)(O)C1CCCN1C(=O)c1cc(Cl)ccc1F. The molecule has 1 atom stereocenters. The highest BCUT2D eigenvalue weighted by atomic mass is 35.5. The van der Waals surface area contributed by atoms with Gasteiger partial charge in [-0.25, -0.2) is 4.39 Å². The van der Waals surface area contributed by atoms with Crippen LogP contribution in [0.15, 0.2) is 18.2 Å². The molecular weight excluding hydrogens is 269 g/mol. The Morgan fingerprint density at radius 3 is 2.84 bits per heavy atom. The van der Waals surface area contributed by atoms with Gasteiger partial charge in [-0.1, -0.05) is 11.6 Å². The van der Waals surface area contributed by atoms with Crippen molar-refractivity contribution >= 4 is 17.5 Å². The first kappa shape index (κ1) is 14.3. The summed E-state index contributed by atoms with van der Waals surface area (Å²) < 4.78 is 13.7. The summed E-state index contributed by atoms with van der Waals surface area (Å²) in [6.45, 7) is 3.86. The average Bonchev–Trinajstić information content (AvgIpc) is 2.80. The van der Waals surface area contributed by atoms with Gasteiger partial charge in [-0.05, 0) is 44.9 Å². The van der Waals surface area contributed by atoms with Crippen molar-refractivity contribution in [3.05, 3.63) is 34.6 Å². The monoisotopic (exact) mass is 285 g/mol. The highest BCUT2D eigenvalue weighted by molar-refractivity contribution is 6.31. The predicted molar refractivity (Wildman–Crippen MR) is 71.8 cm³/mol. The Bertz CT molecular complexity index is 499. The van der Waals surface area contributed by atoms with Crippen LogP contribution in [-0.4, -0.2) is 34.1 Å². The number of rotatable bonds is 2. The number of amides is 1. The molecule has 0 aliphatic carbocycles. The lowest BCUT2D eigenvalue weighted by Gasteiger charge is -2.33. The van der Waals surface area contributed by atoms with Gasteiger partial charge in [-0.2, -0.15) is 0 Å². The van der Waals surface area contributed by atoms with Crippen molar-refractivity contribution < 1.29 is 14.3 Å². The lowest BCUT2D eigenvalue weighted by atomic mass is 9.96. The van der Waals surface area contributed by atoms with Crippen LogP contribution in [0.5, 0.6) is 0 Å². The van der Waals surface area contributed by atoms with E-state index in [9.17, 15) is 14.3 Å². The Balaban J connectivity index is 2.31. The largest absolute Gasteiger partial charge is 0.388 e. The topological polar surface area (TPSA) is 40.5 Å². The predicted octanol–water partition coefficient (Wildman–Crippen LogP) is 2.85. The van der Waals surface area contributed by atoms with Crippen LogP contribution in [0, 0.1) is 5.82 Å². The van der Waals surface area contributed by atoms with Crippen LogP contribution in [0.3, 0.4) is 0 Å².